The Labute approximate surface area is 134 Å². The molecule has 1 aliphatic carbocycles. The number of benzene rings is 1. The third-order valence-electron chi connectivity index (χ3n) is 4.44. The van der Waals surface area contributed by atoms with Crippen LogP contribution in [0.3, 0.4) is 0 Å². The van der Waals surface area contributed by atoms with Gasteiger partial charge in [-0.15, -0.1) is 0 Å². The second-order valence-electron chi connectivity index (χ2n) is 6.13. The van der Waals surface area contributed by atoms with Gasteiger partial charge in [0.1, 0.15) is 5.82 Å². The maximum Gasteiger partial charge on any atom is 0.258 e. The van der Waals surface area contributed by atoms with E-state index in [0.717, 1.165) is 35.5 Å². The summed E-state index contributed by atoms with van der Waals surface area (Å²) in [4.78, 5) is 19.7. The molecule has 1 heterocycles. The summed E-state index contributed by atoms with van der Waals surface area (Å²) in [7, 11) is 0. The fourth-order valence-electron chi connectivity index (χ4n) is 3.18. The summed E-state index contributed by atoms with van der Waals surface area (Å²) in [5.74, 6) is 1.92. The Bertz CT molecular complexity index is 713. The van der Waals surface area contributed by atoms with E-state index < -0.39 is 0 Å². The van der Waals surface area contributed by atoms with Crippen LogP contribution in [-0.2, 0) is 5.75 Å². The van der Waals surface area contributed by atoms with E-state index in [4.69, 9.17) is 0 Å². The summed E-state index contributed by atoms with van der Waals surface area (Å²) in [6.45, 7) is 2.28. The summed E-state index contributed by atoms with van der Waals surface area (Å²) < 4.78 is 0. The molecule has 1 saturated carbocycles. The van der Waals surface area contributed by atoms with Gasteiger partial charge in [0.05, 0.1) is 16.7 Å². The molecule has 3 rings (SSSR count). The van der Waals surface area contributed by atoms with Crippen molar-refractivity contribution in [2.45, 2.75) is 43.6 Å². The van der Waals surface area contributed by atoms with E-state index in [1.165, 1.54) is 12.8 Å². The maximum atomic E-state index is 12.2. The average Bonchev–Trinajstić information content (AvgIpc) is 2.54. The molecule has 0 amide bonds. The number of fused-ring (bicyclic) bond motifs is 1. The number of thioether (sulfide) groups is 1. The molecule has 4 nitrogen and oxygen atoms in total. The number of aliphatic hydroxyl groups excluding tert-OH is 1. The fraction of sp³-hybridized carbons (Fsp3) is 0.529. The molecule has 118 valence electrons. The van der Waals surface area contributed by atoms with Crippen LogP contribution >= 0.6 is 11.8 Å². The molecule has 1 aromatic carbocycles. The van der Waals surface area contributed by atoms with Crippen LogP contribution in [0.5, 0.6) is 0 Å². The van der Waals surface area contributed by atoms with Gasteiger partial charge in [0.2, 0.25) is 0 Å². The topological polar surface area (TPSA) is 66.0 Å². The van der Waals surface area contributed by atoms with Crippen LogP contribution in [0.15, 0.2) is 23.0 Å². The number of rotatable bonds is 4. The summed E-state index contributed by atoms with van der Waals surface area (Å²) in [6, 6.07) is 5.69. The zero-order chi connectivity index (χ0) is 15.5. The first-order chi connectivity index (χ1) is 10.7. The summed E-state index contributed by atoms with van der Waals surface area (Å²) >= 11 is 1.85. The Balaban J connectivity index is 1.74. The third-order valence-corrected chi connectivity index (χ3v) is 5.78. The number of aliphatic hydroxyl groups is 1. The second-order valence-corrected chi connectivity index (χ2v) is 7.42. The first-order valence-corrected chi connectivity index (χ1v) is 8.93. The molecule has 1 aromatic heterocycles. The largest absolute Gasteiger partial charge is 0.396 e. The highest BCUT2D eigenvalue weighted by molar-refractivity contribution is 7.99. The van der Waals surface area contributed by atoms with Crippen molar-refractivity contribution in [1.82, 2.24) is 9.97 Å². The van der Waals surface area contributed by atoms with E-state index in [-0.39, 0.29) is 5.56 Å². The Morgan fingerprint density at radius 3 is 3.09 bits per heavy atom. The average molecular weight is 318 g/mol. The number of aryl methyl sites for hydroxylation is 1. The minimum absolute atomic E-state index is 0.0545. The molecule has 0 spiro atoms. The highest BCUT2D eigenvalue weighted by Gasteiger charge is 2.22. The Hall–Kier alpha value is -1.33. The molecular formula is C17H22N2O2S. The van der Waals surface area contributed by atoms with Gasteiger partial charge in [-0.25, -0.2) is 4.98 Å². The van der Waals surface area contributed by atoms with Gasteiger partial charge in [0.25, 0.3) is 5.56 Å². The summed E-state index contributed by atoms with van der Waals surface area (Å²) in [5, 5.41) is 10.5. The first-order valence-electron chi connectivity index (χ1n) is 7.88. The van der Waals surface area contributed by atoms with Crippen molar-refractivity contribution in [2.75, 3.05) is 6.61 Å². The van der Waals surface area contributed by atoms with Crippen molar-refractivity contribution < 1.29 is 5.11 Å². The van der Waals surface area contributed by atoms with Gasteiger partial charge in [0.15, 0.2) is 0 Å². The van der Waals surface area contributed by atoms with E-state index >= 15 is 0 Å². The van der Waals surface area contributed by atoms with E-state index in [0.29, 0.717) is 23.2 Å². The molecule has 5 heteroatoms. The summed E-state index contributed by atoms with van der Waals surface area (Å²) in [5.41, 5.74) is 1.78. The number of aromatic amines is 1. The standard InChI is InChI=1S/C17H22N2O2S/c1-11-4-2-7-14-16(11)18-15(19-17(14)21)10-22-13-6-3-5-12(8-13)9-20/h2,4,7,12-13,20H,3,5-6,8-10H2,1H3,(H,18,19,21)/t12-,13-/m0/s1. The monoisotopic (exact) mass is 318 g/mol. The van der Waals surface area contributed by atoms with E-state index in [1.54, 1.807) is 0 Å². The molecule has 0 bridgehead atoms. The van der Waals surface area contributed by atoms with Crippen LogP contribution in [-0.4, -0.2) is 26.9 Å². The van der Waals surface area contributed by atoms with E-state index in [9.17, 15) is 9.90 Å². The number of nitrogens with zero attached hydrogens (tertiary/aromatic N) is 1. The van der Waals surface area contributed by atoms with E-state index in [1.807, 2.05) is 36.9 Å². The van der Waals surface area contributed by atoms with Crippen LogP contribution in [0, 0.1) is 12.8 Å². The molecule has 22 heavy (non-hydrogen) atoms. The van der Waals surface area contributed by atoms with Crippen LogP contribution in [0.1, 0.15) is 37.1 Å². The predicted octanol–water partition coefficient (Wildman–Crippen LogP) is 3.02. The Morgan fingerprint density at radius 1 is 1.41 bits per heavy atom. The van der Waals surface area contributed by atoms with Gasteiger partial charge < -0.3 is 10.1 Å². The third kappa shape index (κ3) is 3.36. The number of aromatic nitrogens is 2. The second kappa shape index (κ2) is 6.84. The number of hydrogen-bond donors (Lipinski definition) is 2. The van der Waals surface area contributed by atoms with Crippen molar-refractivity contribution in [3.8, 4) is 0 Å². The van der Waals surface area contributed by atoms with Crippen LogP contribution in [0.25, 0.3) is 10.9 Å². The minimum atomic E-state index is -0.0545. The van der Waals surface area contributed by atoms with Crippen LogP contribution < -0.4 is 5.56 Å². The van der Waals surface area contributed by atoms with Crippen molar-refractivity contribution in [3.05, 3.63) is 39.9 Å². The Morgan fingerprint density at radius 2 is 2.27 bits per heavy atom. The molecule has 2 aromatic rings. The predicted molar refractivity (Wildman–Crippen MR) is 91.2 cm³/mol. The quantitative estimate of drug-likeness (QED) is 0.909. The zero-order valence-corrected chi connectivity index (χ0v) is 13.7. The van der Waals surface area contributed by atoms with Gasteiger partial charge in [-0.1, -0.05) is 18.6 Å². The summed E-state index contributed by atoms with van der Waals surface area (Å²) in [6.07, 6.45) is 4.58. The molecule has 0 radical (unpaired) electrons. The minimum Gasteiger partial charge on any atom is -0.396 e. The van der Waals surface area contributed by atoms with Crippen molar-refractivity contribution >= 4 is 22.7 Å². The SMILES string of the molecule is Cc1cccc2c(=O)[nH]c(CS[C@H]3CCC[C@H](CO)C3)nc12. The maximum absolute atomic E-state index is 12.2. The van der Waals surface area contributed by atoms with Gasteiger partial charge in [-0.3, -0.25) is 4.79 Å². The molecule has 0 unspecified atom stereocenters. The highest BCUT2D eigenvalue weighted by atomic mass is 32.2. The first kappa shape index (κ1) is 15.6. The molecule has 0 saturated heterocycles. The number of para-hydroxylation sites is 1. The lowest BCUT2D eigenvalue weighted by Crippen LogP contribution is -2.20. The number of H-pyrrole nitrogens is 1. The lowest BCUT2D eigenvalue weighted by molar-refractivity contribution is 0.192. The van der Waals surface area contributed by atoms with Gasteiger partial charge in [-0.2, -0.15) is 11.8 Å². The lowest BCUT2D eigenvalue weighted by atomic mass is 9.90. The van der Waals surface area contributed by atoms with Crippen molar-refractivity contribution in [1.29, 1.82) is 0 Å². The lowest BCUT2D eigenvalue weighted by Gasteiger charge is -2.27. The fourth-order valence-corrected chi connectivity index (χ4v) is 4.45. The number of nitrogens with one attached hydrogen (secondary N) is 1. The Kier molecular flexibility index (Phi) is 4.84. The van der Waals surface area contributed by atoms with Crippen molar-refractivity contribution in [2.24, 2.45) is 5.92 Å². The smallest absolute Gasteiger partial charge is 0.258 e. The number of hydrogen-bond acceptors (Lipinski definition) is 4. The molecular weight excluding hydrogens is 296 g/mol. The van der Waals surface area contributed by atoms with Crippen LogP contribution in [0.2, 0.25) is 0 Å². The molecule has 2 N–H and O–H groups in total. The zero-order valence-electron chi connectivity index (χ0n) is 12.8. The normalized spacial score (nSPS) is 22.1. The van der Waals surface area contributed by atoms with E-state index in [2.05, 4.69) is 9.97 Å². The van der Waals surface area contributed by atoms with Crippen molar-refractivity contribution in [3.63, 3.8) is 0 Å². The molecule has 0 aliphatic heterocycles. The molecule has 1 fully saturated rings. The highest BCUT2D eigenvalue weighted by Crippen LogP contribution is 2.33. The van der Waals surface area contributed by atoms with Gasteiger partial charge in [-0.05, 0) is 43.7 Å². The molecule has 2 atom stereocenters. The van der Waals surface area contributed by atoms with Gasteiger partial charge >= 0.3 is 0 Å². The molecule has 1 aliphatic rings. The van der Waals surface area contributed by atoms with Gasteiger partial charge in [0, 0.05) is 11.9 Å². The van der Waals surface area contributed by atoms with Crippen LogP contribution in [0.4, 0.5) is 0 Å².